The van der Waals surface area contributed by atoms with Gasteiger partial charge in [-0.15, -0.1) is 0 Å². The van der Waals surface area contributed by atoms with Gasteiger partial charge in [0, 0.05) is 26.2 Å². The van der Waals surface area contributed by atoms with E-state index in [1.165, 1.54) is 12.8 Å². The van der Waals surface area contributed by atoms with Crippen LogP contribution in [-0.2, 0) is 20.7 Å². The number of benzene rings is 1. The van der Waals surface area contributed by atoms with Crippen LogP contribution < -0.4 is 0 Å². The molecule has 1 amide bonds. The Morgan fingerprint density at radius 2 is 1.78 bits per heavy atom. The maximum Gasteiger partial charge on any atom is 0.227 e. The zero-order chi connectivity index (χ0) is 22.1. The van der Waals surface area contributed by atoms with E-state index in [1.54, 1.807) is 6.07 Å². The van der Waals surface area contributed by atoms with E-state index in [4.69, 9.17) is 32.7 Å². The summed E-state index contributed by atoms with van der Waals surface area (Å²) in [5.41, 5.74) is 0.913. The van der Waals surface area contributed by atoms with Gasteiger partial charge in [-0.25, -0.2) is 0 Å². The van der Waals surface area contributed by atoms with E-state index >= 15 is 0 Å². The topological polar surface area (TPSA) is 45.3 Å². The van der Waals surface area contributed by atoms with Gasteiger partial charge in [-0.2, -0.15) is 0 Å². The lowest BCUT2D eigenvalue weighted by Gasteiger charge is -2.54. The number of halogens is 2. The standard InChI is InChI=1S/C24H33Cl2N3O3/c25-19-4-3-17(11-20(19)26)12-23(30)29-9-8-28(13-18-5-10-31-14-18)22-16-32-15-21(24(22)29)27-6-1-2-7-27/h3-4,11,18,21-22,24H,1-2,5-10,12-16H2/t18?,21?,22-,24-/m1/s1. The highest BCUT2D eigenvalue weighted by molar-refractivity contribution is 6.42. The Hall–Kier alpha value is -0.890. The van der Waals surface area contributed by atoms with Gasteiger partial charge in [0.05, 0.1) is 54.4 Å². The van der Waals surface area contributed by atoms with Crippen LogP contribution in [0.2, 0.25) is 10.0 Å². The molecule has 1 aromatic carbocycles. The number of ether oxygens (including phenoxy) is 2. The molecule has 0 saturated carbocycles. The molecule has 4 atom stereocenters. The van der Waals surface area contributed by atoms with Crippen molar-refractivity contribution in [2.45, 2.75) is 43.8 Å². The fraction of sp³-hybridized carbons (Fsp3) is 0.708. The van der Waals surface area contributed by atoms with Crippen LogP contribution in [0.1, 0.15) is 24.8 Å². The summed E-state index contributed by atoms with van der Waals surface area (Å²) in [6, 6.07) is 6.16. The summed E-state index contributed by atoms with van der Waals surface area (Å²) in [5, 5.41) is 1.02. The van der Waals surface area contributed by atoms with Crippen molar-refractivity contribution in [2.75, 3.05) is 59.2 Å². The van der Waals surface area contributed by atoms with E-state index < -0.39 is 0 Å². The van der Waals surface area contributed by atoms with Crippen LogP contribution >= 0.6 is 23.2 Å². The fourth-order valence-corrected chi connectivity index (χ4v) is 6.27. The van der Waals surface area contributed by atoms with Crippen molar-refractivity contribution in [3.63, 3.8) is 0 Å². The SMILES string of the molecule is O=C(Cc1ccc(Cl)c(Cl)c1)N1CCN(CC2CCOC2)[C@@H]2COCC(N3CCCC3)[C@H]21. The summed E-state index contributed by atoms with van der Waals surface area (Å²) in [7, 11) is 0. The van der Waals surface area contributed by atoms with E-state index in [2.05, 4.69) is 14.7 Å². The predicted molar refractivity (Wildman–Crippen MR) is 125 cm³/mol. The zero-order valence-corrected chi connectivity index (χ0v) is 20.1. The molecular weight excluding hydrogens is 449 g/mol. The highest BCUT2D eigenvalue weighted by Crippen LogP contribution is 2.31. The first-order chi connectivity index (χ1) is 15.6. The van der Waals surface area contributed by atoms with Crippen LogP contribution in [-0.4, -0.2) is 97.9 Å². The number of fused-ring (bicyclic) bond motifs is 1. The lowest BCUT2D eigenvalue weighted by Crippen LogP contribution is -2.71. The Labute approximate surface area is 200 Å². The summed E-state index contributed by atoms with van der Waals surface area (Å²) >= 11 is 12.3. The molecule has 8 heteroatoms. The molecule has 0 spiro atoms. The normalized spacial score (nSPS) is 31.8. The third kappa shape index (κ3) is 4.82. The molecular formula is C24H33Cl2N3O3. The molecule has 0 N–H and O–H groups in total. The van der Waals surface area contributed by atoms with E-state index in [-0.39, 0.29) is 24.0 Å². The molecule has 176 valence electrons. The van der Waals surface area contributed by atoms with E-state index in [0.717, 1.165) is 57.9 Å². The molecule has 32 heavy (non-hydrogen) atoms. The van der Waals surface area contributed by atoms with Gasteiger partial charge in [-0.05, 0) is 56.0 Å². The van der Waals surface area contributed by atoms with Gasteiger partial charge in [0.2, 0.25) is 5.91 Å². The van der Waals surface area contributed by atoms with E-state index in [9.17, 15) is 4.79 Å². The van der Waals surface area contributed by atoms with Gasteiger partial charge in [-0.1, -0.05) is 29.3 Å². The summed E-state index contributed by atoms with van der Waals surface area (Å²) in [6.07, 6.45) is 3.94. The van der Waals surface area contributed by atoms with Crippen LogP contribution in [0.5, 0.6) is 0 Å². The van der Waals surface area contributed by atoms with Crippen LogP contribution in [0.4, 0.5) is 0 Å². The van der Waals surface area contributed by atoms with Gasteiger partial charge in [0.25, 0.3) is 0 Å². The van der Waals surface area contributed by atoms with Crippen molar-refractivity contribution in [1.29, 1.82) is 0 Å². The molecule has 4 saturated heterocycles. The molecule has 4 aliphatic rings. The van der Waals surface area contributed by atoms with E-state index in [0.29, 0.717) is 35.6 Å². The van der Waals surface area contributed by atoms with Crippen molar-refractivity contribution >= 4 is 29.1 Å². The number of piperazine rings is 1. The highest BCUT2D eigenvalue weighted by atomic mass is 35.5. The predicted octanol–water partition coefficient (Wildman–Crippen LogP) is 2.95. The maximum atomic E-state index is 13.6. The van der Waals surface area contributed by atoms with Gasteiger partial charge in [0.15, 0.2) is 0 Å². The average Bonchev–Trinajstić information content (AvgIpc) is 3.50. The molecule has 2 unspecified atom stereocenters. The first-order valence-electron chi connectivity index (χ1n) is 12.0. The van der Waals surface area contributed by atoms with Gasteiger partial charge < -0.3 is 14.4 Å². The summed E-state index contributed by atoms with van der Waals surface area (Å²) in [4.78, 5) is 20.9. The molecule has 0 aliphatic carbocycles. The number of amides is 1. The van der Waals surface area contributed by atoms with Crippen LogP contribution in [0, 0.1) is 5.92 Å². The molecule has 1 aromatic rings. The number of hydrogen-bond acceptors (Lipinski definition) is 5. The highest BCUT2D eigenvalue weighted by Gasteiger charge is 2.48. The van der Waals surface area contributed by atoms with Gasteiger partial charge >= 0.3 is 0 Å². The van der Waals surface area contributed by atoms with Crippen LogP contribution in [0.25, 0.3) is 0 Å². The third-order valence-electron chi connectivity index (χ3n) is 7.61. The Balaban J connectivity index is 1.36. The molecule has 4 heterocycles. The summed E-state index contributed by atoms with van der Waals surface area (Å²) < 4.78 is 11.8. The number of rotatable bonds is 5. The summed E-state index contributed by atoms with van der Waals surface area (Å²) in [5.74, 6) is 0.759. The van der Waals surface area contributed by atoms with Gasteiger partial charge in [-0.3, -0.25) is 14.6 Å². The second kappa shape index (κ2) is 10.2. The molecule has 0 aromatic heterocycles. The molecule has 4 fully saturated rings. The molecule has 0 radical (unpaired) electrons. The fourth-order valence-electron chi connectivity index (χ4n) is 5.95. The van der Waals surface area contributed by atoms with Crippen molar-refractivity contribution < 1.29 is 14.3 Å². The second-order valence-corrected chi connectivity index (χ2v) is 10.5. The van der Waals surface area contributed by atoms with Crippen LogP contribution in [0.15, 0.2) is 18.2 Å². The quantitative estimate of drug-likeness (QED) is 0.646. The Kier molecular flexibility index (Phi) is 7.27. The molecule has 5 rings (SSSR count). The Morgan fingerprint density at radius 1 is 0.969 bits per heavy atom. The van der Waals surface area contributed by atoms with Gasteiger partial charge in [0.1, 0.15) is 0 Å². The van der Waals surface area contributed by atoms with Crippen LogP contribution in [0.3, 0.4) is 0 Å². The van der Waals surface area contributed by atoms with Crippen molar-refractivity contribution in [2.24, 2.45) is 5.92 Å². The monoisotopic (exact) mass is 481 g/mol. The second-order valence-electron chi connectivity index (χ2n) is 9.64. The molecule has 6 nitrogen and oxygen atoms in total. The smallest absolute Gasteiger partial charge is 0.227 e. The minimum atomic E-state index is 0.160. The molecule has 0 bridgehead atoms. The number of nitrogens with zero attached hydrogens (tertiary/aromatic N) is 3. The Bertz CT molecular complexity index is 814. The number of carbonyl (C=O) groups excluding carboxylic acids is 1. The minimum Gasteiger partial charge on any atom is -0.381 e. The van der Waals surface area contributed by atoms with Crippen molar-refractivity contribution in [1.82, 2.24) is 14.7 Å². The average molecular weight is 482 g/mol. The Morgan fingerprint density at radius 3 is 2.53 bits per heavy atom. The lowest BCUT2D eigenvalue weighted by atomic mass is 9.90. The third-order valence-corrected chi connectivity index (χ3v) is 8.35. The maximum absolute atomic E-state index is 13.6. The summed E-state index contributed by atoms with van der Waals surface area (Å²) in [6.45, 7) is 8.01. The number of likely N-dealkylation sites (tertiary alicyclic amines) is 1. The lowest BCUT2D eigenvalue weighted by molar-refractivity contribution is -0.153. The molecule has 4 aliphatic heterocycles. The minimum absolute atomic E-state index is 0.160. The first-order valence-corrected chi connectivity index (χ1v) is 12.7. The van der Waals surface area contributed by atoms with E-state index in [1.807, 2.05) is 12.1 Å². The first kappa shape index (κ1) is 22.9. The zero-order valence-electron chi connectivity index (χ0n) is 18.6. The number of hydrogen-bond donors (Lipinski definition) is 0. The largest absolute Gasteiger partial charge is 0.381 e. The van der Waals surface area contributed by atoms with Crippen molar-refractivity contribution in [3.05, 3.63) is 33.8 Å². The number of carbonyl (C=O) groups is 1. The van der Waals surface area contributed by atoms with Crippen molar-refractivity contribution in [3.8, 4) is 0 Å².